The molecule has 1 aromatic heterocycles. The van der Waals surface area contributed by atoms with Crippen molar-refractivity contribution in [2.24, 2.45) is 5.92 Å². The van der Waals surface area contributed by atoms with Gasteiger partial charge in [0, 0.05) is 0 Å². The lowest BCUT2D eigenvalue weighted by atomic mass is 9.95. The number of esters is 1. The fraction of sp³-hybridized carbons (Fsp3) is 0.538. The second-order valence-corrected chi connectivity index (χ2v) is 5.17. The summed E-state index contributed by atoms with van der Waals surface area (Å²) in [4.78, 5) is 26.4. The van der Waals surface area contributed by atoms with Gasteiger partial charge in [0.15, 0.2) is 0 Å². The van der Waals surface area contributed by atoms with Crippen LogP contribution in [0.2, 0.25) is 5.02 Å². The van der Waals surface area contributed by atoms with E-state index in [2.05, 4.69) is 4.98 Å². The Morgan fingerprint density at radius 3 is 2.80 bits per heavy atom. The van der Waals surface area contributed by atoms with Gasteiger partial charge in [-0.15, -0.1) is 0 Å². The van der Waals surface area contributed by atoms with E-state index in [-0.39, 0.29) is 22.6 Å². The molecule has 0 spiro atoms. The average molecular weight is 299 g/mol. The summed E-state index contributed by atoms with van der Waals surface area (Å²) in [5.41, 5.74) is 0.721. The Hall–Kier alpha value is -1.69. The van der Waals surface area contributed by atoms with Gasteiger partial charge in [-0.25, -0.2) is 0 Å². The highest BCUT2D eigenvalue weighted by molar-refractivity contribution is 6.33. The van der Waals surface area contributed by atoms with E-state index in [0.29, 0.717) is 17.9 Å². The monoisotopic (exact) mass is 298 g/mol. The van der Waals surface area contributed by atoms with Crippen molar-refractivity contribution in [3.8, 4) is 0 Å². The van der Waals surface area contributed by atoms with E-state index < -0.39 is 10.8 Å². The summed E-state index contributed by atoms with van der Waals surface area (Å²) in [6.45, 7) is 3.68. The number of halogens is 1. The molecule has 0 radical (unpaired) electrons. The normalized spacial score (nSPS) is 15.8. The first-order chi connectivity index (χ1) is 9.47. The Morgan fingerprint density at radius 1 is 1.65 bits per heavy atom. The minimum Gasteiger partial charge on any atom is -0.465 e. The molecule has 1 heterocycles. The smallest absolute Gasteiger partial charge is 0.315 e. The van der Waals surface area contributed by atoms with Gasteiger partial charge in [-0.05, 0) is 38.2 Å². The summed E-state index contributed by atoms with van der Waals surface area (Å²) in [5.74, 6) is -0.624. The molecule has 20 heavy (non-hydrogen) atoms. The number of rotatable bonds is 5. The van der Waals surface area contributed by atoms with Crippen LogP contribution >= 0.6 is 11.6 Å². The number of pyridine rings is 1. The zero-order valence-corrected chi connectivity index (χ0v) is 12.0. The highest BCUT2D eigenvalue weighted by atomic mass is 35.5. The molecule has 0 amide bonds. The van der Waals surface area contributed by atoms with Crippen molar-refractivity contribution < 1.29 is 14.5 Å². The van der Waals surface area contributed by atoms with E-state index in [9.17, 15) is 14.9 Å². The van der Waals surface area contributed by atoms with Crippen LogP contribution < -0.4 is 0 Å². The van der Waals surface area contributed by atoms with E-state index in [1.807, 2.05) is 0 Å². The number of hydrogen-bond acceptors (Lipinski definition) is 5. The van der Waals surface area contributed by atoms with Crippen molar-refractivity contribution in [2.45, 2.75) is 32.6 Å². The molecule has 1 unspecified atom stereocenters. The second kappa shape index (κ2) is 5.75. The molecule has 0 aliphatic heterocycles. The number of nitrogens with zero attached hydrogens (tertiary/aromatic N) is 2. The van der Waals surface area contributed by atoms with Gasteiger partial charge in [-0.3, -0.25) is 19.9 Å². The Balaban J connectivity index is 2.42. The van der Waals surface area contributed by atoms with Crippen molar-refractivity contribution in [2.75, 3.05) is 6.61 Å². The van der Waals surface area contributed by atoms with E-state index in [1.54, 1.807) is 13.8 Å². The first-order valence-electron chi connectivity index (χ1n) is 6.43. The highest BCUT2D eigenvalue weighted by Gasteiger charge is 2.41. The first-order valence-corrected chi connectivity index (χ1v) is 6.81. The SMILES string of the molecule is CCOC(=O)C(c1ncc([N+](=O)[O-])c(Cl)c1C)C1CC1. The third kappa shape index (κ3) is 2.75. The maximum absolute atomic E-state index is 12.1. The number of aromatic nitrogens is 1. The molecule has 1 atom stereocenters. The molecule has 0 aromatic carbocycles. The molecule has 1 saturated carbocycles. The lowest BCUT2D eigenvalue weighted by Gasteiger charge is -2.16. The molecule has 0 bridgehead atoms. The topological polar surface area (TPSA) is 82.3 Å². The molecular weight excluding hydrogens is 284 g/mol. The quantitative estimate of drug-likeness (QED) is 0.474. The molecule has 2 rings (SSSR count). The van der Waals surface area contributed by atoms with Crippen molar-refractivity contribution in [3.05, 3.63) is 32.6 Å². The summed E-state index contributed by atoms with van der Waals surface area (Å²) in [5, 5.41) is 10.9. The van der Waals surface area contributed by atoms with Crippen LogP contribution in [-0.2, 0) is 9.53 Å². The molecular formula is C13H15ClN2O4. The molecule has 1 aliphatic carbocycles. The van der Waals surface area contributed by atoms with Crippen LogP contribution in [-0.4, -0.2) is 22.5 Å². The summed E-state index contributed by atoms with van der Waals surface area (Å²) in [6, 6.07) is 0. The van der Waals surface area contributed by atoms with Crippen molar-refractivity contribution in [1.29, 1.82) is 0 Å². The molecule has 0 saturated heterocycles. The van der Waals surface area contributed by atoms with Crippen LogP contribution in [0.3, 0.4) is 0 Å². The summed E-state index contributed by atoms with van der Waals surface area (Å²) >= 11 is 6.01. The maximum Gasteiger partial charge on any atom is 0.315 e. The Labute approximate surface area is 121 Å². The lowest BCUT2D eigenvalue weighted by molar-refractivity contribution is -0.385. The van der Waals surface area contributed by atoms with Crippen LogP contribution in [0, 0.1) is 23.0 Å². The standard InChI is InChI=1S/C13H15ClN2O4/c1-3-20-13(17)10(8-4-5-8)12-7(2)11(14)9(6-15-12)16(18)19/h6,8,10H,3-5H2,1-2H3. The van der Waals surface area contributed by atoms with Crippen LogP contribution in [0.1, 0.15) is 36.9 Å². The van der Waals surface area contributed by atoms with E-state index >= 15 is 0 Å². The number of nitro groups is 1. The summed E-state index contributed by atoms with van der Waals surface area (Å²) in [6.07, 6.45) is 2.97. The van der Waals surface area contributed by atoms with Gasteiger partial charge < -0.3 is 4.74 Å². The molecule has 7 heteroatoms. The van der Waals surface area contributed by atoms with E-state index in [1.165, 1.54) is 0 Å². The van der Waals surface area contributed by atoms with Crippen LogP contribution in [0.4, 0.5) is 5.69 Å². The van der Waals surface area contributed by atoms with E-state index in [4.69, 9.17) is 16.3 Å². The van der Waals surface area contributed by atoms with Gasteiger partial charge >= 0.3 is 11.7 Å². The molecule has 1 aliphatic rings. The van der Waals surface area contributed by atoms with Crippen LogP contribution in [0.25, 0.3) is 0 Å². The van der Waals surface area contributed by atoms with Gasteiger partial charge in [-0.2, -0.15) is 0 Å². The number of carbonyl (C=O) groups excluding carboxylic acids is 1. The minimum atomic E-state index is -0.581. The third-order valence-electron chi connectivity index (χ3n) is 3.39. The predicted molar refractivity (Wildman–Crippen MR) is 72.7 cm³/mol. The Morgan fingerprint density at radius 2 is 2.30 bits per heavy atom. The third-order valence-corrected chi connectivity index (χ3v) is 3.87. The van der Waals surface area contributed by atoms with Gasteiger partial charge in [0.25, 0.3) is 0 Å². The van der Waals surface area contributed by atoms with Crippen LogP contribution in [0.5, 0.6) is 0 Å². The zero-order chi connectivity index (χ0) is 14.9. The van der Waals surface area contributed by atoms with Gasteiger partial charge in [0.2, 0.25) is 0 Å². The van der Waals surface area contributed by atoms with Crippen LogP contribution in [0.15, 0.2) is 6.20 Å². The van der Waals surface area contributed by atoms with Gasteiger partial charge in [0.05, 0.1) is 17.2 Å². The van der Waals surface area contributed by atoms with Gasteiger partial charge in [0.1, 0.15) is 17.1 Å². The molecule has 1 fully saturated rings. The minimum absolute atomic E-state index is 0.0370. The first kappa shape index (κ1) is 14.7. The summed E-state index contributed by atoms with van der Waals surface area (Å²) in [7, 11) is 0. The fourth-order valence-electron chi connectivity index (χ4n) is 2.22. The Kier molecular flexibility index (Phi) is 4.23. The zero-order valence-electron chi connectivity index (χ0n) is 11.3. The number of carbonyl (C=O) groups is 1. The molecule has 1 aromatic rings. The van der Waals surface area contributed by atoms with E-state index in [0.717, 1.165) is 19.0 Å². The molecule has 6 nitrogen and oxygen atoms in total. The van der Waals surface area contributed by atoms with Crippen molar-refractivity contribution in [1.82, 2.24) is 4.98 Å². The highest BCUT2D eigenvalue weighted by Crippen LogP contribution is 2.45. The predicted octanol–water partition coefficient (Wildman–Crippen LogP) is 3.01. The van der Waals surface area contributed by atoms with Crippen molar-refractivity contribution >= 4 is 23.3 Å². The second-order valence-electron chi connectivity index (χ2n) is 4.79. The number of hydrogen-bond donors (Lipinski definition) is 0. The largest absolute Gasteiger partial charge is 0.465 e. The summed E-state index contributed by atoms with van der Waals surface area (Å²) < 4.78 is 5.08. The number of ether oxygens (including phenoxy) is 1. The Bertz CT molecular complexity index is 558. The van der Waals surface area contributed by atoms with Crippen molar-refractivity contribution in [3.63, 3.8) is 0 Å². The maximum atomic E-state index is 12.1. The molecule has 108 valence electrons. The molecule has 0 N–H and O–H groups in total. The fourth-order valence-corrected chi connectivity index (χ4v) is 2.43. The average Bonchev–Trinajstić information content (AvgIpc) is 3.19. The lowest BCUT2D eigenvalue weighted by Crippen LogP contribution is -2.20. The van der Waals surface area contributed by atoms with Gasteiger partial charge in [-0.1, -0.05) is 11.6 Å².